The Morgan fingerprint density at radius 1 is 0.810 bits per heavy atom. The van der Waals surface area contributed by atoms with Crippen LogP contribution in [0.25, 0.3) is 0 Å². The molecule has 0 aliphatic carbocycles. The molecule has 2 amide bonds. The molecule has 18 nitrogen and oxygen atoms in total. The molecular formula is C40H50F4KN11O7. The van der Waals surface area contributed by atoms with E-state index in [0.717, 1.165) is 48.2 Å². The minimum Gasteiger partial charge on any atom is -0.474 e. The van der Waals surface area contributed by atoms with E-state index >= 15 is 0 Å². The fourth-order valence-corrected chi connectivity index (χ4v) is 8.15. The van der Waals surface area contributed by atoms with Gasteiger partial charge in [-0.15, -0.1) is 6.07 Å². The van der Waals surface area contributed by atoms with Crippen LogP contribution in [0.2, 0.25) is 0 Å². The van der Waals surface area contributed by atoms with Crippen molar-refractivity contribution < 1.29 is 102 Å². The van der Waals surface area contributed by atoms with E-state index in [1.54, 1.807) is 40.6 Å². The summed E-state index contributed by atoms with van der Waals surface area (Å²) >= 11 is 0. The van der Waals surface area contributed by atoms with E-state index in [1.807, 2.05) is 4.68 Å². The number of nitrogens with two attached hydrogens (primary N) is 1. The predicted molar refractivity (Wildman–Crippen MR) is 215 cm³/mol. The number of anilines is 5. The number of hydrogen-bond acceptors (Lipinski definition) is 14. The van der Waals surface area contributed by atoms with Gasteiger partial charge in [0.15, 0.2) is 17.4 Å². The van der Waals surface area contributed by atoms with Crippen LogP contribution in [0.3, 0.4) is 0 Å². The number of alkyl halides is 4. The number of ether oxygens (including phenoxy) is 5. The molecule has 23 heteroatoms. The van der Waals surface area contributed by atoms with Crippen LogP contribution >= 0.6 is 0 Å². The number of pyridine rings is 2. The summed E-state index contributed by atoms with van der Waals surface area (Å²) in [5, 5.41) is 9.76. The Morgan fingerprint density at radius 3 is 1.83 bits per heavy atom. The minimum atomic E-state index is -2.99. The number of methoxy groups -OCH3 is 1. The number of halogens is 4. The van der Waals surface area contributed by atoms with E-state index < -0.39 is 19.3 Å². The van der Waals surface area contributed by atoms with E-state index in [9.17, 15) is 27.2 Å². The summed E-state index contributed by atoms with van der Waals surface area (Å²) < 4.78 is 79.6. The van der Waals surface area contributed by atoms with Crippen LogP contribution < -0.4 is 76.4 Å². The average molecular weight is 912 g/mol. The van der Waals surface area contributed by atoms with Crippen LogP contribution in [0.5, 0.6) is 11.5 Å². The molecule has 0 unspecified atom stereocenters. The number of amides is 2. The molecule has 8 heterocycles. The molecule has 2 N–H and O–H groups in total. The number of carbonyl (C=O) groups excluding carboxylic acids is 2. The normalized spacial score (nSPS) is 16.7. The molecule has 4 aliphatic heterocycles. The third-order valence-electron chi connectivity index (χ3n) is 11.4. The van der Waals surface area contributed by atoms with Crippen molar-refractivity contribution in [2.45, 2.75) is 83.8 Å². The van der Waals surface area contributed by atoms with Crippen molar-refractivity contribution in [2.75, 3.05) is 76.3 Å². The third kappa shape index (κ3) is 11.2. The van der Waals surface area contributed by atoms with Crippen molar-refractivity contribution >= 4 is 41.0 Å². The number of carbonyl (C=O) groups is 2. The summed E-state index contributed by atoms with van der Waals surface area (Å²) in [5.74, 6) is 1.73. The summed E-state index contributed by atoms with van der Waals surface area (Å²) in [5.41, 5.74) is 9.71. The number of hydrogen-bond donors (Lipinski definition) is 1. The number of nitrogens with zero attached hydrogens (tertiary/aromatic N) is 10. The Bertz CT molecular complexity index is 2190. The maximum absolute atomic E-state index is 12.7. The first kappa shape index (κ1) is 48.2. The van der Waals surface area contributed by atoms with Gasteiger partial charge in [0.05, 0.1) is 50.0 Å². The van der Waals surface area contributed by atoms with Crippen LogP contribution in [0, 0.1) is 6.07 Å². The fourth-order valence-electron chi connectivity index (χ4n) is 8.15. The first-order valence-electron chi connectivity index (χ1n) is 20.3. The van der Waals surface area contributed by atoms with Crippen molar-refractivity contribution in [3.8, 4) is 11.5 Å². The van der Waals surface area contributed by atoms with Gasteiger partial charge in [0.1, 0.15) is 5.82 Å². The molecule has 0 bridgehead atoms. The Morgan fingerprint density at radius 2 is 1.32 bits per heavy atom. The van der Waals surface area contributed by atoms with Gasteiger partial charge in [-0.25, -0.2) is 9.78 Å². The second-order valence-corrected chi connectivity index (χ2v) is 15.1. The Balaban J connectivity index is 0.000000206. The maximum atomic E-state index is 12.7. The van der Waals surface area contributed by atoms with E-state index in [0.29, 0.717) is 88.7 Å². The average Bonchev–Trinajstić information content (AvgIpc) is 3.85. The molecule has 2 fully saturated rings. The number of fused-ring (bicyclic) bond motifs is 2. The molecule has 0 spiro atoms. The van der Waals surface area contributed by atoms with E-state index in [1.165, 1.54) is 31.6 Å². The van der Waals surface area contributed by atoms with Crippen molar-refractivity contribution in [3.63, 3.8) is 0 Å². The summed E-state index contributed by atoms with van der Waals surface area (Å²) in [6.07, 6.45) is 6.92. The molecule has 0 atom stereocenters. The fraction of sp³-hybridized carbons (Fsp3) is 0.550. The molecule has 4 aromatic rings. The van der Waals surface area contributed by atoms with Gasteiger partial charge in [-0.1, -0.05) is 6.20 Å². The molecule has 336 valence electrons. The summed E-state index contributed by atoms with van der Waals surface area (Å²) in [7, 11) is 4.86. The predicted octanol–water partition coefficient (Wildman–Crippen LogP) is 2.41. The second-order valence-electron chi connectivity index (χ2n) is 15.1. The third-order valence-corrected chi connectivity index (χ3v) is 11.4. The zero-order chi connectivity index (χ0) is 44.1. The molecule has 63 heavy (non-hydrogen) atoms. The van der Waals surface area contributed by atoms with Gasteiger partial charge in [0.2, 0.25) is 5.91 Å². The van der Waals surface area contributed by atoms with Crippen LogP contribution in [0.1, 0.15) is 67.2 Å². The largest absolute Gasteiger partial charge is 1.00 e. The Kier molecular flexibility index (Phi) is 16.5. The quantitative estimate of drug-likeness (QED) is 0.139. The summed E-state index contributed by atoms with van der Waals surface area (Å²) in [6, 6.07) is 5.71. The molecule has 4 aromatic heterocycles. The van der Waals surface area contributed by atoms with Crippen molar-refractivity contribution in [1.82, 2.24) is 39.3 Å². The standard InChI is InChI=1S/C20H26F2N6O3.C20H24F2N5O4.K/c1-12(29)27-6-3-16-14(11-27)19(25-28(16)13-4-7-30-8-5-13)26(2)18-9-17(31-20(21)22)15(23)10-24-18;1-25(17-11-14(3-7-23-17)31-19(21)22)18-15-12-26(20(28)29-2)8-4-16(15)27(24-18)13-5-9-30-10-6-13;/h9-10,13,20H,3-8,11,23H2,1-2H3;7,11,13,19H,4-6,8-10,12H2,1-2H3;/q;-1;+1. The van der Waals surface area contributed by atoms with E-state index in [-0.39, 0.29) is 86.6 Å². The SMILES string of the molecule is CC(=O)N1CCc2c(c(N(C)c3cc(OC(F)F)c(N)cn3)nn2C2CCOCC2)C1.COC(=O)N1CCc2c(c(N(C)c3cc(OC(F)F)[c-]cn3)nn2C2CCOCC2)C1.[K+]. The van der Waals surface area contributed by atoms with Crippen LogP contribution in [-0.2, 0) is 44.9 Å². The molecule has 0 saturated carbocycles. The van der Waals surface area contributed by atoms with Crippen LogP contribution in [-0.4, -0.2) is 125 Å². The van der Waals surface area contributed by atoms with Gasteiger partial charge >= 0.3 is 70.7 Å². The molecule has 2 saturated heterocycles. The summed E-state index contributed by atoms with van der Waals surface area (Å²) in [4.78, 5) is 39.5. The number of aromatic nitrogens is 6. The molecule has 4 aliphatic rings. The van der Waals surface area contributed by atoms with Crippen LogP contribution in [0.4, 0.5) is 51.3 Å². The smallest absolute Gasteiger partial charge is 0.474 e. The molecule has 0 aromatic carbocycles. The van der Waals surface area contributed by atoms with Gasteiger partial charge in [0, 0.05) is 102 Å². The van der Waals surface area contributed by atoms with Crippen molar-refractivity contribution in [1.29, 1.82) is 0 Å². The summed E-state index contributed by atoms with van der Waals surface area (Å²) in [6.45, 7) is 0.232. The molecular weight excluding hydrogens is 862 g/mol. The van der Waals surface area contributed by atoms with Gasteiger partial charge in [0.25, 0.3) is 0 Å². The van der Waals surface area contributed by atoms with Gasteiger partial charge in [-0.2, -0.15) is 33.8 Å². The minimum absolute atomic E-state index is 0. The van der Waals surface area contributed by atoms with Crippen molar-refractivity contribution in [2.24, 2.45) is 0 Å². The zero-order valence-corrected chi connectivity index (χ0v) is 39.1. The number of nitrogen functional groups attached to an aromatic ring is 1. The molecule has 0 radical (unpaired) electrons. The van der Waals surface area contributed by atoms with Gasteiger partial charge in [-0.3, -0.25) is 19.1 Å². The molecule has 8 rings (SSSR count). The Hall–Kier alpha value is -4.26. The zero-order valence-electron chi connectivity index (χ0n) is 35.9. The van der Waals surface area contributed by atoms with Crippen LogP contribution in [0.15, 0.2) is 24.5 Å². The van der Waals surface area contributed by atoms with Crippen molar-refractivity contribution in [3.05, 3.63) is 53.1 Å². The van der Waals surface area contributed by atoms with E-state index in [4.69, 9.17) is 30.1 Å². The van der Waals surface area contributed by atoms with E-state index in [2.05, 4.69) is 30.2 Å². The van der Waals surface area contributed by atoms with Gasteiger partial charge in [-0.05, 0) is 31.4 Å². The Labute approximate surface area is 404 Å². The maximum Gasteiger partial charge on any atom is 1.00 e. The second kappa shape index (κ2) is 21.6. The van der Waals surface area contributed by atoms with Gasteiger partial charge < -0.3 is 49.0 Å². The first-order chi connectivity index (χ1) is 29.8. The first-order valence-corrected chi connectivity index (χ1v) is 20.3. The number of rotatable bonds is 10. The topological polar surface area (TPSA) is 181 Å². The monoisotopic (exact) mass is 911 g/mol.